The predicted octanol–water partition coefficient (Wildman–Crippen LogP) is 3.42. The molecule has 1 fully saturated rings. The first kappa shape index (κ1) is 12.0. The molecule has 1 aromatic rings. The molecule has 0 bridgehead atoms. The second kappa shape index (κ2) is 4.92. The van der Waals surface area contributed by atoms with Crippen LogP contribution in [0.15, 0.2) is 28.9 Å². The van der Waals surface area contributed by atoms with Crippen LogP contribution in [-0.4, -0.2) is 16.5 Å². The predicted molar refractivity (Wildman–Crippen MR) is 74.6 cm³/mol. The highest BCUT2D eigenvalue weighted by Gasteiger charge is 2.28. The van der Waals surface area contributed by atoms with Gasteiger partial charge in [-0.2, -0.15) is 0 Å². The molecule has 18 heavy (non-hydrogen) atoms. The van der Waals surface area contributed by atoms with Crippen LogP contribution >= 0.6 is 15.9 Å². The van der Waals surface area contributed by atoms with Crippen molar-refractivity contribution >= 4 is 21.8 Å². The SMILES string of the molecule is O=C(NC1CC=CCC1)c1cc(Br)cn1C1CC1. The van der Waals surface area contributed by atoms with E-state index in [0.29, 0.717) is 12.1 Å². The Morgan fingerprint density at radius 3 is 2.83 bits per heavy atom. The molecule has 3 nitrogen and oxygen atoms in total. The van der Waals surface area contributed by atoms with Crippen LogP contribution in [0.5, 0.6) is 0 Å². The van der Waals surface area contributed by atoms with E-state index in [1.54, 1.807) is 0 Å². The fourth-order valence-electron chi connectivity index (χ4n) is 2.47. The van der Waals surface area contributed by atoms with Gasteiger partial charge in [-0.25, -0.2) is 0 Å². The van der Waals surface area contributed by atoms with Gasteiger partial charge in [0, 0.05) is 22.8 Å². The van der Waals surface area contributed by atoms with Crippen LogP contribution in [0.3, 0.4) is 0 Å². The van der Waals surface area contributed by atoms with Gasteiger partial charge in [0.05, 0.1) is 0 Å². The highest BCUT2D eigenvalue weighted by molar-refractivity contribution is 9.10. The first-order valence-electron chi connectivity index (χ1n) is 6.57. The molecule has 0 spiro atoms. The molecule has 1 N–H and O–H groups in total. The summed E-state index contributed by atoms with van der Waals surface area (Å²) in [7, 11) is 0. The fourth-order valence-corrected chi connectivity index (χ4v) is 2.90. The lowest BCUT2D eigenvalue weighted by Crippen LogP contribution is -2.36. The Balaban J connectivity index is 1.73. The molecule has 96 valence electrons. The minimum atomic E-state index is 0.0629. The number of nitrogens with one attached hydrogen (secondary N) is 1. The van der Waals surface area contributed by atoms with Crippen molar-refractivity contribution in [1.29, 1.82) is 0 Å². The first-order chi connectivity index (χ1) is 8.74. The number of amides is 1. The van der Waals surface area contributed by atoms with Crippen molar-refractivity contribution in [2.24, 2.45) is 0 Å². The maximum Gasteiger partial charge on any atom is 0.268 e. The zero-order valence-corrected chi connectivity index (χ0v) is 11.8. The lowest BCUT2D eigenvalue weighted by atomic mass is 10.0. The molecule has 1 heterocycles. The normalized spacial score (nSPS) is 23.1. The van der Waals surface area contributed by atoms with E-state index in [-0.39, 0.29) is 5.91 Å². The number of nitrogens with zero attached hydrogens (tertiary/aromatic N) is 1. The van der Waals surface area contributed by atoms with Gasteiger partial charge < -0.3 is 9.88 Å². The Morgan fingerprint density at radius 2 is 2.17 bits per heavy atom. The lowest BCUT2D eigenvalue weighted by Gasteiger charge is -2.19. The second-order valence-corrected chi connectivity index (χ2v) is 6.05. The van der Waals surface area contributed by atoms with Gasteiger partial charge in [-0.1, -0.05) is 12.2 Å². The molecule has 2 aliphatic carbocycles. The fraction of sp³-hybridized carbons (Fsp3) is 0.500. The van der Waals surface area contributed by atoms with Gasteiger partial charge >= 0.3 is 0 Å². The van der Waals surface area contributed by atoms with Crippen molar-refractivity contribution in [3.05, 3.63) is 34.6 Å². The van der Waals surface area contributed by atoms with Crippen molar-refractivity contribution in [2.75, 3.05) is 0 Å². The summed E-state index contributed by atoms with van der Waals surface area (Å²) in [5.41, 5.74) is 0.791. The molecule has 4 heteroatoms. The van der Waals surface area contributed by atoms with E-state index in [2.05, 4.69) is 38.0 Å². The third kappa shape index (κ3) is 2.53. The number of halogens is 1. The summed E-state index contributed by atoms with van der Waals surface area (Å²) in [6.07, 6.45) is 11.8. The van der Waals surface area contributed by atoms with E-state index in [9.17, 15) is 4.79 Å². The highest BCUT2D eigenvalue weighted by Crippen LogP contribution is 2.37. The zero-order chi connectivity index (χ0) is 12.5. The van der Waals surface area contributed by atoms with Crippen LogP contribution in [0.1, 0.15) is 48.6 Å². The average Bonchev–Trinajstić information content (AvgIpc) is 3.13. The van der Waals surface area contributed by atoms with Crippen LogP contribution in [0, 0.1) is 0 Å². The van der Waals surface area contributed by atoms with Gasteiger partial charge in [0.2, 0.25) is 0 Å². The summed E-state index contributed by atoms with van der Waals surface area (Å²) in [6.45, 7) is 0. The minimum absolute atomic E-state index is 0.0629. The number of rotatable bonds is 3. The Hall–Kier alpha value is -1.03. The molecule has 3 rings (SSSR count). The minimum Gasteiger partial charge on any atom is -0.348 e. The van der Waals surface area contributed by atoms with Crippen molar-refractivity contribution in [3.63, 3.8) is 0 Å². The van der Waals surface area contributed by atoms with Crippen molar-refractivity contribution < 1.29 is 4.79 Å². The van der Waals surface area contributed by atoms with Crippen LogP contribution in [-0.2, 0) is 0 Å². The summed E-state index contributed by atoms with van der Waals surface area (Å²) in [5.74, 6) is 0.0629. The molecule has 1 aromatic heterocycles. The Labute approximate surface area is 115 Å². The molecule has 0 saturated heterocycles. The van der Waals surface area contributed by atoms with Crippen molar-refractivity contribution in [1.82, 2.24) is 9.88 Å². The maximum atomic E-state index is 12.3. The van der Waals surface area contributed by atoms with Crippen molar-refractivity contribution in [3.8, 4) is 0 Å². The average molecular weight is 309 g/mol. The topological polar surface area (TPSA) is 34.0 Å². The summed E-state index contributed by atoms with van der Waals surface area (Å²) in [5, 5.41) is 3.14. The third-order valence-corrected chi connectivity index (χ3v) is 4.03. The van der Waals surface area contributed by atoms with Crippen molar-refractivity contribution in [2.45, 2.75) is 44.2 Å². The third-order valence-electron chi connectivity index (χ3n) is 3.59. The quantitative estimate of drug-likeness (QED) is 0.853. The zero-order valence-electron chi connectivity index (χ0n) is 10.2. The number of hydrogen-bond acceptors (Lipinski definition) is 1. The highest BCUT2D eigenvalue weighted by atomic mass is 79.9. The maximum absolute atomic E-state index is 12.3. The van der Waals surface area contributed by atoms with Gasteiger partial charge in [0.15, 0.2) is 0 Å². The number of allylic oxidation sites excluding steroid dienone is 1. The van der Waals surface area contributed by atoms with E-state index in [1.807, 2.05) is 12.3 Å². The molecule has 2 aliphatic rings. The van der Waals surface area contributed by atoms with Gasteiger partial charge in [-0.15, -0.1) is 0 Å². The molecule has 0 radical (unpaired) electrons. The number of carbonyl (C=O) groups is 1. The molecule has 1 atom stereocenters. The summed E-state index contributed by atoms with van der Waals surface area (Å²) >= 11 is 3.46. The van der Waals surface area contributed by atoms with E-state index in [0.717, 1.165) is 29.4 Å². The molecule has 1 amide bonds. The molecule has 0 aromatic carbocycles. The number of carbonyl (C=O) groups excluding carboxylic acids is 1. The van der Waals surface area contributed by atoms with Gasteiger partial charge in [0.1, 0.15) is 5.69 Å². The van der Waals surface area contributed by atoms with E-state index < -0.39 is 0 Å². The monoisotopic (exact) mass is 308 g/mol. The van der Waals surface area contributed by atoms with Crippen LogP contribution in [0.2, 0.25) is 0 Å². The lowest BCUT2D eigenvalue weighted by molar-refractivity contribution is 0.0925. The Kier molecular flexibility index (Phi) is 3.29. The summed E-state index contributed by atoms with van der Waals surface area (Å²) < 4.78 is 3.10. The largest absolute Gasteiger partial charge is 0.348 e. The van der Waals surface area contributed by atoms with Crippen LogP contribution in [0.4, 0.5) is 0 Å². The van der Waals surface area contributed by atoms with Gasteiger partial charge in [-0.3, -0.25) is 4.79 Å². The Bertz CT molecular complexity index is 488. The second-order valence-electron chi connectivity index (χ2n) is 5.14. The standard InChI is InChI=1S/C14H17BrN2O/c15-10-8-13(17(9-10)12-6-7-12)14(18)16-11-4-2-1-3-5-11/h1-2,8-9,11-12H,3-7H2,(H,16,18). The first-order valence-corrected chi connectivity index (χ1v) is 7.36. The van der Waals surface area contributed by atoms with Gasteiger partial charge in [-0.05, 0) is 54.1 Å². The summed E-state index contributed by atoms with van der Waals surface area (Å²) in [6, 6.07) is 2.75. The number of aromatic nitrogens is 1. The summed E-state index contributed by atoms with van der Waals surface area (Å²) in [4.78, 5) is 12.3. The molecule has 1 saturated carbocycles. The van der Waals surface area contributed by atoms with Crippen LogP contribution in [0.25, 0.3) is 0 Å². The smallest absolute Gasteiger partial charge is 0.268 e. The Morgan fingerprint density at radius 1 is 1.33 bits per heavy atom. The molecular formula is C14H17BrN2O. The van der Waals surface area contributed by atoms with E-state index in [4.69, 9.17) is 0 Å². The molecule has 1 unspecified atom stereocenters. The molecule has 0 aliphatic heterocycles. The van der Waals surface area contributed by atoms with Gasteiger partial charge in [0.25, 0.3) is 5.91 Å². The van der Waals surface area contributed by atoms with Crippen LogP contribution < -0.4 is 5.32 Å². The molecular weight excluding hydrogens is 292 g/mol. The van der Waals surface area contributed by atoms with E-state index in [1.165, 1.54) is 12.8 Å². The van der Waals surface area contributed by atoms with E-state index >= 15 is 0 Å². The number of hydrogen-bond donors (Lipinski definition) is 1.